The highest BCUT2D eigenvalue weighted by molar-refractivity contribution is 7.13. The second kappa shape index (κ2) is 16.5. The first kappa shape index (κ1) is 42.8. The van der Waals surface area contributed by atoms with Gasteiger partial charge in [-0.2, -0.15) is 0 Å². The van der Waals surface area contributed by atoms with Crippen molar-refractivity contribution in [2.75, 3.05) is 59.7 Å². The van der Waals surface area contributed by atoms with Crippen molar-refractivity contribution in [1.29, 1.82) is 0 Å². The molecule has 0 aliphatic carbocycles. The van der Waals surface area contributed by atoms with Crippen molar-refractivity contribution >= 4 is 63.2 Å². The van der Waals surface area contributed by atoms with E-state index < -0.39 is 47.0 Å². The number of thiazole rings is 1. The molecule has 4 N–H and O–H groups in total. The number of nitrogens with zero attached hydrogens (tertiary/aromatic N) is 8. The molecule has 4 fully saturated rings. The topological polar surface area (TPSA) is 198 Å². The average Bonchev–Trinajstić information content (AvgIpc) is 4.10. The first-order chi connectivity index (χ1) is 32.3. The SMILES string of the molecule is O=C1CC[C@@H](Nc2ccc(N3CCC(O)(CC(=O)N4CC5(C4)CN(c4ccc(-c6cc(F)c7c(c6)C(=O)N(C(C(=O)Nc6nccs6)c6ncn8c6CCC8)C7)cn4)C5)CC3)c(F)c2)C(=O)N1. The highest BCUT2D eigenvalue weighted by Crippen LogP contribution is 2.43. The van der Waals surface area contributed by atoms with Gasteiger partial charge in [-0.15, -0.1) is 11.3 Å². The first-order valence-electron chi connectivity index (χ1n) is 22.5. The number of piperidine rings is 2. The number of imidazole rings is 1. The molecular weight excluding hydrogens is 885 g/mol. The van der Waals surface area contributed by atoms with Crippen molar-refractivity contribution in [3.05, 3.63) is 101 Å². The van der Waals surface area contributed by atoms with Crippen LogP contribution in [0.1, 0.15) is 71.9 Å². The number of imide groups is 1. The Bertz CT molecular complexity index is 2820. The summed E-state index contributed by atoms with van der Waals surface area (Å²) in [6.07, 6.45) is 7.68. The quantitative estimate of drug-likeness (QED) is 0.138. The van der Waals surface area contributed by atoms with Crippen LogP contribution in [-0.4, -0.2) is 115 Å². The number of hydrogen-bond donors (Lipinski definition) is 4. The van der Waals surface area contributed by atoms with Crippen LogP contribution in [0.15, 0.2) is 66.6 Å². The summed E-state index contributed by atoms with van der Waals surface area (Å²) in [6, 6.07) is 9.71. The van der Waals surface area contributed by atoms with Crippen LogP contribution in [0.3, 0.4) is 0 Å². The molecule has 1 unspecified atom stereocenters. The van der Waals surface area contributed by atoms with Gasteiger partial charge in [0.25, 0.3) is 11.8 Å². The average molecular weight is 932 g/mol. The van der Waals surface area contributed by atoms with Crippen molar-refractivity contribution < 1.29 is 37.9 Å². The third kappa shape index (κ3) is 7.94. The minimum Gasteiger partial charge on any atom is -0.389 e. The number of benzene rings is 2. The van der Waals surface area contributed by atoms with Crippen LogP contribution in [0, 0.1) is 17.0 Å². The van der Waals surface area contributed by atoms with Gasteiger partial charge in [-0.05, 0) is 80.1 Å². The Balaban J connectivity index is 0.675. The number of hydrogen-bond acceptors (Lipinski definition) is 13. The number of carbonyl (C=O) groups excluding carboxylic acids is 5. The van der Waals surface area contributed by atoms with Crippen molar-refractivity contribution in [3.63, 3.8) is 0 Å². The van der Waals surface area contributed by atoms with Gasteiger partial charge in [-0.1, -0.05) is 0 Å². The zero-order valence-corrected chi connectivity index (χ0v) is 37.2. The van der Waals surface area contributed by atoms with Crippen molar-refractivity contribution in [2.45, 2.75) is 75.7 Å². The van der Waals surface area contributed by atoms with Crippen LogP contribution in [0.5, 0.6) is 0 Å². The summed E-state index contributed by atoms with van der Waals surface area (Å²) in [5, 5.41) is 21.7. The van der Waals surface area contributed by atoms with E-state index in [4.69, 9.17) is 0 Å². The number of aliphatic hydroxyl groups is 1. The summed E-state index contributed by atoms with van der Waals surface area (Å²) in [7, 11) is 0. The molecule has 9 heterocycles. The molecule has 2 atom stereocenters. The fourth-order valence-electron chi connectivity index (χ4n) is 10.6. The maximum absolute atomic E-state index is 15.9. The molecular formula is C47H47F2N11O6S. The molecule has 17 nitrogen and oxygen atoms in total. The smallest absolute Gasteiger partial charge is 0.255 e. The predicted molar refractivity (Wildman–Crippen MR) is 242 cm³/mol. The molecule has 3 aromatic heterocycles. The Hall–Kier alpha value is -6.80. The van der Waals surface area contributed by atoms with E-state index in [-0.39, 0.29) is 47.7 Å². The van der Waals surface area contributed by atoms with E-state index in [0.29, 0.717) is 91.9 Å². The lowest BCUT2D eigenvalue weighted by molar-refractivity contribution is -0.151. The Morgan fingerprint density at radius 1 is 0.925 bits per heavy atom. The zero-order valence-electron chi connectivity index (χ0n) is 36.3. The number of rotatable bonds is 11. The highest BCUT2D eigenvalue weighted by Gasteiger charge is 2.54. The van der Waals surface area contributed by atoms with Crippen LogP contribution < -0.4 is 25.8 Å². The van der Waals surface area contributed by atoms with Crippen molar-refractivity contribution in [1.82, 2.24) is 34.6 Å². The van der Waals surface area contributed by atoms with Crippen LogP contribution in [0.2, 0.25) is 0 Å². The molecule has 67 heavy (non-hydrogen) atoms. The fraction of sp³-hybridized carbons (Fsp3) is 0.404. The standard InChI is InChI=1S/C47H47F2N11O6S/c48-32-17-28(16-30-31(32)21-60(44(30)65)41(43(64)55-45-50-11-15-67-45)40-36-2-1-12-57(36)26-52-40)27-3-7-37(51-20-27)58-22-46(23-58)24-59(25-46)39(62)19-47(66)9-13-56(14-10-47)35-6-4-29(18-33(35)49)53-34-5-8-38(61)54-42(34)63/h3-4,6-7,11,15-18,20,26,34,41,53,66H,1-2,5,8-10,12-14,19,21-25H2,(H,50,55,64)(H,54,61,63)/t34-,41?/m1/s1. The third-order valence-electron chi connectivity index (χ3n) is 14.2. The van der Waals surface area contributed by atoms with E-state index in [1.165, 1.54) is 28.4 Å². The summed E-state index contributed by atoms with van der Waals surface area (Å²) in [6.45, 7) is 3.97. The van der Waals surface area contributed by atoms with E-state index >= 15 is 8.78 Å². The number of nitrogens with one attached hydrogen (secondary N) is 3. The van der Waals surface area contributed by atoms with Gasteiger partial charge in [-0.3, -0.25) is 34.6 Å². The van der Waals surface area contributed by atoms with E-state index in [2.05, 4.69) is 35.8 Å². The number of aryl methyl sites for hydroxylation is 1. The van der Waals surface area contributed by atoms with E-state index in [1.54, 1.807) is 47.2 Å². The Labute approximate surface area is 387 Å². The Morgan fingerprint density at radius 2 is 1.75 bits per heavy atom. The maximum Gasteiger partial charge on any atom is 0.255 e. The molecule has 20 heteroatoms. The molecule has 6 aliphatic heterocycles. The van der Waals surface area contributed by atoms with Gasteiger partial charge in [0.1, 0.15) is 23.5 Å². The highest BCUT2D eigenvalue weighted by atomic mass is 32.1. The minimum absolute atomic E-state index is 0.0105. The number of carbonyl (C=O) groups is 5. The number of halogens is 2. The van der Waals surface area contributed by atoms with E-state index in [0.717, 1.165) is 30.9 Å². The number of aromatic nitrogens is 4. The second-order valence-electron chi connectivity index (χ2n) is 18.7. The Kier molecular flexibility index (Phi) is 10.6. The summed E-state index contributed by atoms with van der Waals surface area (Å²) in [4.78, 5) is 85.5. The minimum atomic E-state index is -1.20. The summed E-state index contributed by atoms with van der Waals surface area (Å²) in [5.74, 6) is -2.08. The summed E-state index contributed by atoms with van der Waals surface area (Å²) >= 11 is 1.26. The molecule has 6 aliphatic rings. The molecule has 5 aromatic rings. The predicted octanol–water partition coefficient (Wildman–Crippen LogP) is 4.25. The Morgan fingerprint density at radius 3 is 2.48 bits per heavy atom. The van der Waals surface area contributed by atoms with Gasteiger partial charge in [-0.25, -0.2) is 23.7 Å². The summed E-state index contributed by atoms with van der Waals surface area (Å²) in [5.41, 5.74) is 2.43. The fourth-order valence-corrected chi connectivity index (χ4v) is 11.1. The van der Waals surface area contributed by atoms with Gasteiger partial charge >= 0.3 is 0 Å². The summed E-state index contributed by atoms with van der Waals surface area (Å²) < 4.78 is 33.2. The number of amides is 5. The van der Waals surface area contributed by atoms with Crippen LogP contribution in [0.25, 0.3) is 11.1 Å². The number of fused-ring (bicyclic) bond motifs is 2. The van der Waals surface area contributed by atoms with Gasteiger partial charge in [0, 0.05) is 103 Å². The van der Waals surface area contributed by atoms with E-state index in [1.807, 2.05) is 21.6 Å². The molecule has 0 bridgehead atoms. The number of likely N-dealkylation sites (tertiary alicyclic amines) is 1. The molecule has 346 valence electrons. The van der Waals surface area contributed by atoms with Crippen molar-refractivity contribution in [2.24, 2.45) is 5.41 Å². The zero-order chi connectivity index (χ0) is 46.2. The lowest BCUT2D eigenvalue weighted by atomic mass is 9.72. The monoisotopic (exact) mass is 931 g/mol. The molecule has 11 rings (SSSR count). The first-order valence-corrected chi connectivity index (χ1v) is 23.4. The molecule has 1 spiro atoms. The number of anilines is 4. The van der Waals surface area contributed by atoms with Gasteiger partial charge in [0.2, 0.25) is 17.7 Å². The lowest BCUT2D eigenvalue weighted by Gasteiger charge is -2.60. The van der Waals surface area contributed by atoms with Gasteiger partial charge in [0.15, 0.2) is 11.2 Å². The molecule has 2 aromatic carbocycles. The van der Waals surface area contributed by atoms with Gasteiger partial charge < -0.3 is 34.6 Å². The van der Waals surface area contributed by atoms with Crippen LogP contribution in [0.4, 0.5) is 31.1 Å². The maximum atomic E-state index is 15.9. The molecule has 4 saturated heterocycles. The van der Waals surface area contributed by atoms with Crippen LogP contribution in [-0.2, 0) is 38.7 Å². The molecule has 0 radical (unpaired) electrons. The van der Waals surface area contributed by atoms with Crippen LogP contribution >= 0.6 is 11.3 Å². The normalized spacial score (nSPS) is 20.8. The van der Waals surface area contributed by atoms with Crippen molar-refractivity contribution in [3.8, 4) is 11.1 Å². The second-order valence-corrected chi connectivity index (χ2v) is 19.6. The molecule has 0 saturated carbocycles. The third-order valence-corrected chi connectivity index (χ3v) is 14.9. The lowest BCUT2D eigenvalue weighted by Crippen LogP contribution is -2.73. The van der Waals surface area contributed by atoms with Gasteiger partial charge in [0.05, 0.1) is 36.3 Å². The molecule has 5 amide bonds. The van der Waals surface area contributed by atoms with E-state index in [9.17, 15) is 29.1 Å². The largest absolute Gasteiger partial charge is 0.389 e. The number of pyridine rings is 1.